The molecule has 0 spiro atoms. The van der Waals surface area contributed by atoms with Gasteiger partial charge in [-0.05, 0) is 30.5 Å². The minimum Gasteiger partial charge on any atom is -0.404 e. The Bertz CT molecular complexity index is 461. The van der Waals surface area contributed by atoms with Crippen LogP contribution >= 0.6 is 7.82 Å². The molecule has 132 valence electrons. The van der Waals surface area contributed by atoms with Crippen LogP contribution in [0.15, 0.2) is 24.3 Å². The lowest BCUT2D eigenvalue weighted by Gasteiger charge is -2.12. The Morgan fingerprint density at radius 2 is 1.61 bits per heavy atom. The van der Waals surface area contributed by atoms with Gasteiger partial charge in [-0.15, -0.1) is 0 Å². The van der Waals surface area contributed by atoms with Gasteiger partial charge in [-0.3, -0.25) is 9.42 Å². The fourth-order valence-electron chi connectivity index (χ4n) is 2.32. The monoisotopic (exact) mass is 344 g/mol. The second-order valence-corrected chi connectivity index (χ2v) is 7.01. The van der Waals surface area contributed by atoms with Crippen molar-refractivity contribution in [2.24, 2.45) is 0 Å². The fraction of sp³-hybridized carbons (Fsp3) is 0.647. The van der Waals surface area contributed by atoms with E-state index in [-0.39, 0.29) is 19.0 Å². The molecule has 5 nitrogen and oxygen atoms in total. The molecule has 1 rings (SSSR count). The van der Waals surface area contributed by atoms with Crippen molar-refractivity contribution < 1.29 is 23.6 Å². The van der Waals surface area contributed by atoms with E-state index in [0.29, 0.717) is 0 Å². The van der Waals surface area contributed by atoms with E-state index in [2.05, 4.69) is 11.4 Å². The zero-order chi connectivity index (χ0) is 17.0. The topological polar surface area (TPSA) is 76.0 Å². The van der Waals surface area contributed by atoms with Crippen molar-refractivity contribution in [2.45, 2.75) is 58.3 Å². The maximum atomic E-state index is 11.5. The zero-order valence-electron chi connectivity index (χ0n) is 13.9. The second kappa shape index (κ2) is 11.6. The Balaban J connectivity index is 2.26. The van der Waals surface area contributed by atoms with Crippen LogP contribution in [0.4, 0.5) is 0 Å². The SMILES string of the molecule is CCCCCCCCCc1ccc(OP(=O)(O)OCCO)cc1. The lowest BCUT2D eigenvalue weighted by atomic mass is 10.0. The summed E-state index contributed by atoms with van der Waals surface area (Å²) in [5, 5.41) is 8.58. The molecular weight excluding hydrogens is 315 g/mol. The Morgan fingerprint density at radius 3 is 2.22 bits per heavy atom. The van der Waals surface area contributed by atoms with Crippen LogP contribution in [0.1, 0.15) is 57.4 Å². The molecule has 0 aromatic heterocycles. The van der Waals surface area contributed by atoms with E-state index in [4.69, 9.17) is 9.63 Å². The summed E-state index contributed by atoms with van der Waals surface area (Å²) in [7, 11) is -4.15. The van der Waals surface area contributed by atoms with Crippen molar-refractivity contribution in [3.05, 3.63) is 29.8 Å². The lowest BCUT2D eigenvalue weighted by molar-refractivity contribution is 0.155. The van der Waals surface area contributed by atoms with Crippen LogP contribution in [-0.2, 0) is 15.5 Å². The van der Waals surface area contributed by atoms with Crippen molar-refractivity contribution in [3.8, 4) is 5.75 Å². The van der Waals surface area contributed by atoms with Gasteiger partial charge in [0.1, 0.15) is 5.75 Å². The molecule has 1 atom stereocenters. The van der Waals surface area contributed by atoms with E-state index in [0.717, 1.165) is 12.8 Å². The third-order valence-electron chi connectivity index (χ3n) is 3.56. The molecule has 0 fully saturated rings. The van der Waals surface area contributed by atoms with Crippen LogP contribution in [0.2, 0.25) is 0 Å². The van der Waals surface area contributed by atoms with E-state index in [1.54, 1.807) is 12.1 Å². The van der Waals surface area contributed by atoms with Crippen LogP contribution in [0.3, 0.4) is 0 Å². The maximum absolute atomic E-state index is 11.5. The molecule has 0 aliphatic carbocycles. The Kier molecular flexibility index (Phi) is 10.2. The average Bonchev–Trinajstić information content (AvgIpc) is 2.53. The third kappa shape index (κ3) is 9.77. The standard InChI is InChI=1S/C17H29O5P/c1-2-3-4-5-6-7-8-9-16-10-12-17(13-11-16)22-23(19,20)21-15-14-18/h10-13,18H,2-9,14-15H2,1H3,(H,19,20). The van der Waals surface area contributed by atoms with Gasteiger partial charge >= 0.3 is 7.82 Å². The maximum Gasteiger partial charge on any atom is 0.527 e. The number of aliphatic hydroxyl groups is 1. The molecule has 0 bridgehead atoms. The first-order valence-electron chi connectivity index (χ1n) is 8.44. The highest BCUT2D eigenvalue weighted by Gasteiger charge is 2.22. The van der Waals surface area contributed by atoms with Gasteiger partial charge in [0.15, 0.2) is 0 Å². The molecule has 1 aromatic carbocycles. The molecule has 6 heteroatoms. The highest BCUT2D eigenvalue weighted by molar-refractivity contribution is 7.47. The van der Waals surface area contributed by atoms with Crippen molar-refractivity contribution in [1.29, 1.82) is 0 Å². The molecule has 0 saturated heterocycles. The van der Waals surface area contributed by atoms with Gasteiger partial charge in [-0.25, -0.2) is 4.57 Å². The Labute approximate surface area is 139 Å². The first-order chi connectivity index (χ1) is 11.1. The summed E-state index contributed by atoms with van der Waals surface area (Å²) in [5.74, 6) is 0.289. The predicted octanol–water partition coefficient (Wildman–Crippen LogP) is 4.47. The summed E-state index contributed by atoms with van der Waals surface area (Å²) >= 11 is 0. The van der Waals surface area contributed by atoms with E-state index in [1.165, 1.54) is 44.1 Å². The molecular formula is C17H29O5P. The van der Waals surface area contributed by atoms with Gasteiger partial charge in [-0.1, -0.05) is 57.6 Å². The molecule has 1 unspecified atom stereocenters. The van der Waals surface area contributed by atoms with Crippen LogP contribution in [0.5, 0.6) is 5.75 Å². The molecule has 0 radical (unpaired) electrons. The van der Waals surface area contributed by atoms with Crippen molar-refractivity contribution in [2.75, 3.05) is 13.2 Å². The van der Waals surface area contributed by atoms with Gasteiger partial charge in [0.2, 0.25) is 0 Å². The van der Waals surface area contributed by atoms with Gasteiger partial charge < -0.3 is 9.63 Å². The smallest absolute Gasteiger partial charge is 0.404 e. The Hall–Kier alpha value is -0.870. The number of phosphoric acid groups is 1. The first kappa shape index (κ1) is 20.2. The summed E-state index contributed by atoms with van der Waals surface area (Å²) < 4.78 is 21.0. The highest BCUT2D eigenvalue weighted by Crippen LogP contribution is 2.43. The van der Waals surface area contributed by atoms with Crippen LogP contribution < -0.4 is 4.52 Å². The first-order valence-corrected chi connectivity index (χ1v) is 9.93. The van der Waals surface area contributed by atoms with E-state index in [1.807, 2.05) is 12.1 Å². The fourth-order valence-corrected chi connectivity index (χ4v) is 3.07. The summed E-state index contributed by atoms with van der Waals surface area (Å²) in [4.78, 5) is 9.43. The number of aryl methyl sites for hydroxylation is 1. The van der Waals surface area contributed by atoms with Crippen LogP contribution in [0.25, 0.3) is 0 Å². The summed E-state index contributed by atoms with van der Waals surface area (Å²) in [6, 6.07) is 7.14. The van der Waals surface area contributed by atoms with Crippen molar-refractivity contribution >= 4 is 7.82 Å². The normalized spacial score (nSPS) is 13.7. The van der Waals surface area contributed by atoms with Crippen LogP contribution in [0, 0.1) is 0 Å². The number of hydrogen-bond donors (Lipinski definition) is 2. The molecule has 2 N–H and O–H groups in total. The molecule has 0 saturated carbocycles. The minimum atomic E-state index is -4.15. The summed E-state index contributed by atoms with van der Waals surface area (Å²) in [6.45, 7) is 1.66. The van der Waals surface area contributed by atoms with E-state index >= 15 is 0 Å². The third-order valence-corrected chi connectivity index (χ3v) is 4.51. The second-order valence-electron chi connectivity index (χ2n) is 5.63. The van der Waals surface area contributed by atoms with Crippen molar-refractivity contribution in [1.82, 2.24) is 0 Å². The summed E-state index contributed by atoms with van der Waals surface area (Å²) in [6.07, 6.45) is 9.96. The number of hydrogen-bond acceptors (Lipinski definition) is 4. The molecule has 0 aliphatic rings. The highest BCUT2D eigenvalue weighted by atomic mass is 31.2. The number of phosphoric ester groups is 1. The zero-order valence-corrected chi connectivity index (χ0v) is 14.8. The van der Waals surface area contributed by atoms with Gasteiger partial charge in [0.05, 0.1) is 13.2 Å². The predicted molar refractivity (Wildman–Crippen MR) is 91.6 cm³/mol. The quantitative estimate of drug-likeness (QED) is 0.408. The molecule has 0 amide bonds. The number of rotatable bonds is 13. The molecule has 1 aromatic rings. The number of aliphatic hydroxyl groups excluding tert-OH is 1. The largest absolute Gasteiger partial charge is 0.527 e. The summed E-state index contributed by atoms with van der Waals surface area (Å²) in [5.41, 5.74) is 1.19. The minimum absolute atomic E-state index is 0.232. The van der Waals surface area contributed by atoms with Gasteiger partial charge in [0, 0.05) is 0 Å². The van der Waals surface area contributed by atoms with E-state index in [9.17, 15) is 9.46 Å². The molecule has 0 heterocycles. The lowest BCUT2D eigenvalue weighted by Crippen LogP contribution is -2.01. The Morgan fingerprint density at radius 1 is 1.00 bits per heavy atom. The van der Waals surface area contributed by atoms with Crippen molar-refractivity contribution in [3.63, 3.8) is 0 Å². The van der Waals surface area contributed by atoms with Gasteiger partial charge in [-0.2, -0.15) is 0 Å². The van der Waals surface area contributed by atoms with Crippen LogP contribution in [-0.4, -0.2) is 23.2 Å². The van der Waals surface area contributed by atoms with E-state index < -0.39 is 7.82 Å². The molecule has 0 aliphatic heterocycles. The average molecular weight is 344 g/mol. The number of unbranched alkanes of at least 4 members (excludes halogenated alkanes) is 6. The molecule has 23 heavy (non-hydrogen) atoms. The van der Waals surface area contributed by atoms with Gasteiger partial charge in [0.25, 0.3) is 0 Å². The number of benzene rings is 1.